The van der Waals surface area contributed by atoms with E-state index in [9.17, 15) is 9.59 Å². The molecule has 1 N–H and O–H groups in total. The first-order valence-electron chi connectivity index (χ1n) is 8.70. The Morgan fingerprint density at radius 2 is 2.04 bits per heavy atom. The van der Waals surface area contributed by atoms with Crippen molar-refractivity contribution in [3.63, 3.8) is 0 Å². The average molecular weight is 325 g/mol. The van der Waals surface area contributed by atoms with Gasteiger partial charge in [-0.15, -0.1) is 0 Å². The normalized spacial score (nSPS) is 29.1. The van der Waals surface area contributed by atoms with E-state index >= 15 is 0 Å². The first-order chi connectivity index (χ1) is 10.7. The standard InChI is InChI=1S/C17H31N3O3/c1-6-13-7-15(21)19(9-13)10-14-11-20(12(2)8-18-14)16(22)23-17(3,4)5/h12-14,18H,6-11H2,1-5H3/t12-,13+,14+/m1/s1. The molecule has 132 valence electrons. The average Bonchev–Trinajstić information content (AvgIpc) is 2.79. The number of hydrogen-bond acceptors (Lipinski definition) is 4. The van der Waals surface area contributed by atoms with E-state index in [4.69, 9.17) is 4.74 Å². The van der Waals surface area contributed by atoms with Crippen molar-refractivity contribution in [3.8, 4) is 0 Å². The van der Waals surface area contributed by atoms with Crippen LogP contribution in [0.1, 0.15) is 47.5 Å². The molecule has 0 spiro atoms. The summed E-state index contributed by atoms with van der Waals surface area (Å²) >= 11 is 0. The maximum absolute atomic E-state index is 12.4. The number of carbonyl (C=O) groups excluding carboxylic acids is 2. The number of piperazine rings is 1. The molecule has 0 aromatic heterocycles. The topological polar surface area (TPSA) is 61.9 Å². The number of nitrogens with zero attached hydrogens (tertiary/aromatic N) is 2. The first-order valence-corrected chi connectivity index (χ1v) is 8.70. The molecule has 2 fully saturated rings. The summed E-state index contributed by atoms with van der Waals surface area (Å²) in [7, 11) is 0. The molecule has 6 nitrogen and oxygen atoms in total. The second-order valence-electron chi connectivity index (χ2n) is 7.86. The summed E-state index contributed by atoms with van der Waals surface area (Å²) in [5.74, 6) is 0.716. The summed E-state index contributed by atoms with van der Waals surface area (Å²) in [4.78, 5) is 28.2. The van der Waals surface area contributed by atoms with Crippen LogP contribution in [0.25, 0.3) is 0 Å². The molecule has 0 bridgehead atoms. The van der Waals surface area contributed by atoms with Gasteiger partial charge in [-0.3, -0.25) is 4.79 Å². The number of carbonyl (C=O) groups is 2. The third-order valence-electron chi connectivity index (χ3n) is 4.59. The van der Waals surface area contributed by atoms with Crippen molar-refractivity contribution in [3.05, 3.63) is 0 Å². The first kappa shape index (κ1) is 18.0. The zero-order chi connectivity index (χ0) is 17.2. The molecule has 0 aromatic carbocycles. The van der Waals surface area contributed by atoms with Crippen LogP contribution < -0.4 is 5.32 Å². The lowest BCUT2D eigenvalue weighted by molar-refractivity contribution is -0.128. The Bertz CT molecular complexity index is 447. The van der Waals surface area contributed by atoms with E-state index in [1.54, 1.807) is 4.90 Å². The van der Waals surface area contributed by atoms with Crippen molar-refractivity contribution in [2.45, 2.75) is 65.1 Å². The zero-order valence-electron chi connectivity index (χ0n) is 15.1. The largest absolute Gasteiger partial charge is 0.444 e. The fourth-order valence-corrected chi connectivity index (χ4v) is 3.20. The monoisotopic (exact) mass is 325 g/mol. The maximum Gasteiger partial charge on any atom is 0.410 e. The minimum Gasteiger partial charge on any atom is -0.444 e. The Balaban J connectivity index is 1.92. The third kappa shape index (κ3) is 4.83. The molecule has 2 aliphatic rings. The van der Waals surface area contributed by atoms with Gasteiger partial charge in [0.25, 0.3) is 0 Å². The van der Waals surface area contributed by atoms with E-state index in [1.165, 1.54) is 0 Å². The van der Waals surface area contributed by atoms with E-state index in [2.05, 4.69) is 12.2 Å². The lowest BCUT2D eigenvalue weighted by Crippen LogP contribution is -2.60. The predicted octanol–water partition coefficient (Wildman–Crippen LogP) is 1.84. The van der Waals surface area contributed by atoms with Crippen molar-refractivity contribution in [1.82, 2.24) is 15.1 Å². The SMILES string of the molecule is CC[C@H]1CC(=O)N(C[C@H]2CN(C(=O)OC(C)(C)C)[C@H](C)CN2)C1. The molecule has 23 heavy (non-hydrogen) atoms. The Hall–Kier alpha value is -1.30. The van der Waals surface area contributed by atoms with Gasteiger partial charge in [-0.1, -0.05) is 13.3 Å². The molecule has 2 rings (SSSR count). The molecule has 2 aliphatic heterocycles. The van der Waals surface area contributed by atoms with E-state index in [0.29, 0.717) is 25.4 Å². The summed E-state index contributed by atoms with van der Waals surface area (Å²) in [6.45, 7) is 12.6. The molecule has 0 aromatic rings. The van der Waals surface area contributed by atoms with Crippen LogP contribution in [0, 0.1) is 5.92 Å². The van der Waals surface area contributed by atoms with Crippen molar-refractivity contribution in [2.75, 3.05) is 26.2 Å². The molecule has 2 heterocycles. The molecule has 2 saturated heterocycles. The number of amides is 2. The van der Waals surface area contributed by atoms with Gasteiger partial charge in [-0.2, -0.15) is 0 Å². The maximum atomic E-state index is 12.4. The molecule has 2 amide bonds. The van der Waals surface area contributed by atoms with Crippen molar-refractivity contribution in [1.29, 1.82) is 0 Å². The minimum atomic E-state index is -0.490. The molecule has 6 heteroatoms. The quantitative estimate of drug-likeness (QED) is 0.860. The molecule has 0 aliphatic carbocycles. The number of rotatable bonds is 3. The van der Waals surface area contributed by atoms with E-state index in [0.717, 1.165) is 19.5 Å². The van der Waals surface area contributed by atoms with Gasteiger partial charge in [-0.05, 0) is 33.6 Å². The van der Waals surface area contributed by atoms with Crippen molar-refractivity contribution in [2.24, 2.45) is 5.92 Å². The van der Waals surface area contributed by atoms with Crippen molar-refractivity contribution < 1.29 is 14.3 Å². The van der Waals surface area contributed by atoms with Crippen LogP contribution in [0.15, 0.2) is 0 Å². The Morgan fingerprint density at radius 1 is 1.35 bits per heavy atom. The van der Waals surface area contributed by atoms with Gasteiger partial charge in [0.05, 0.1) is 0 Å². The highest BCUT2D eigenvalue weighted by Gasteiger charge is 2.35. The summed E-state index contributed by atoms with van der Waals surface area (Å²) < 4.78 is 5.50. The molecular weight excluding hydrogens is 294 g/mol. The highest BCUT2D eigenvalue weighted by Crippen LogP contribution is 2.21. The van der Waals surface area contributed by atoms with Crippen molar-refractivity contribution >= 4 is 12.0 Å². The highest BCUT2D eigenvalue weighted by molar-refractivity contribution is 5.78. The van der Waals surface area contributed by atoms with Gasteiger partial charge in [0.15, 0.2) is 0 Å². The lowest BCUT2D eigenvalue weighted by Gasteiger charge is -2.40. The Kier molecular flexibility index (Phi) is 5.55. The third-order valence-corrected chi connectivity index (χ3v) is 4.59. The molecule has 0 unspecified atom stereocenters. The molecule has 0 radical (unpaired) electrons. The summed E-state index contributed by atoms with van der Waals surface area (Å²) in [5, 5.41) is 3.45. The fraction of sp³-hybridized carbons (Fsp3) is 0.882. The van der Waals surface area contributed by atoms with Gasteiger partial charge in [-0.25, -0.2) is 4.79 Å². The summed E-state index contributed by atoms with van der Waals surface area (Å²) in [5.41, 5.74) is -0.490. The van der Waals surface area contributed by atoms with Crippen LogP contribution in [0.2, 0.25) is 0 Å². The molecule has 0 saturated carbocycles. The second kappa shape index (κ2) is 7.07. The van der Waals surface area contributed by atoms with Crippen LogP contribution in [0.4, 0.5) is 4.79 Å². The zero-order valence-corrected chi connectivity index (χ0v) is 15.1. The van der Waals surface area contributed by atoms with E-state index < -0.39 is 5.60 Å². The number of ether oxygens (including phenoxy) is 1. The second-order valence-corrected chi connectivity index (χ2v) is 7.86. The van der Waals surface area contributed by atoms with Gasteiger partial charge >= 0.3 is 6.09 Å². The number of nitrogens with one attached hydrogen (secondary N) is 1. The van der Waals surface area contributed by atoms with Crippen LogP contribution in [-0.2, 0) is 9.53 Å². The van der Waals surface area contributed by atoms with Crippen LogP contribution >= 0.6 is 0 Å². The minimum absolute atomic E-state index is 0.0961. The van der Waals surface area contributed by atoms with Gasteiger partial charge in [0.2, 0.25) is 5.91 Å². The van der Waals surface area contributed by atoms with Crippen LogP contribution in [-0.4, -0.2) is 65.7 Å². The highest BCUT2D eigenvalue weighted by atomic mass is 16.6. The van der Waals surface area contributed by atoms with Gasteiger partial charge < -0.3 is 19.9 Å². The Labute approximate surface area is 139 Å². The number of likely N-dealkylation sites (tertiary alicyclic amines) is 1. The molecule has 3 atom stereocenters. The van der Waals surface area contributed by atoms with Crippen LogP contribution in [0.3, 0.4) is 0 Å². The fourth-order valence-electron chi connectivity index (χ4n) is 3.20. The molecular formula is C17H31N3O3. The summed E-state index contributed by atoms with van der Waals surface area (Å²) in [6, 6.07) is 0.206. The van der Waals surface area contributed by atoms with Gasteiger partial charge in [0, 0.05) is 44.7 Å². The van der Waals surface area contributed by atoms with Gasteiger partial charge in [0.1, 0.15) is 5.60 Å². The summed E-state index contributed by atoms with van der Waals surface area (Å²) in [6.07, 6.45) is 1.44. The van der Waals surface area contributed by atoms with E-state index in [-0.39, 0.29) is 24.1 Å². The smallest absolute Gasteiger partial charge is 0.410 e. The number of hydrogen-bond donors (Lipinski definition) is 1. The lowest BCUT2D eigenvalue weighted by atomic mass is 10.1. The predicted molar refractivity (Wildman–Crippen MR) is 89.2 cm³/mol. The Morgan fingerprint density at radius 3 is 2.61 bits per heavy atom. The van der Waals surface area contributed by atoms with Crippen LogP contribution in [0.5, 0.6) is 0 Å². The van der Waals surface area contributed by atoms with E-state index in [1.807, 2.05) is 32.6 Å².